The van der Waals surface area contributed by atoms with E-state index in [0.29, 0.717) is 16.3 Å². The largest absolute Gasteiger partial charge is 0.437 e. The van der Waals surface area contributed by atoms with Crippen molar-refractivity contribution < 1.29 is 9.94 Å². The lowest BCUT2D eigenvalue weighted by molar-refractivity contribution is 0.318. The van der Waals surface area contributed by atoms with Gasteiger partial charge in [0, 0.05) is 5.02 Å². The Labute approximate surface area is 108 Å². The highest BCUT2D eigenvalue weighted by molar-refractivity contribution is 6.30. The van der Waals surface area contributed by atoms with E-state index in [1.165, 1.54) is 12.3 Å². The van der Waals surface area contributed by atoms with Gasteiger partial charge in [0.15, 0.2) is 5.84 Å². The molecular weight excluding hydrogens is 256 g/mol. The molecule has 0 bridgehead atoms. The van der Waals surface area contributed by atoms with Gasteiger partial charge in [0.05, 0.1) is 11.8 Å². The van der Waals surface area contributed by atoms with Crippen molar-refractivity contribution in [2.45, 2.75) is 0 Å². The zero-order valence-electron chi connectivity index (χ0n) is 9.12. The number of amidine groups is 1. The quantitative estimate of drug-likeness (QED) is 0.383. The molecule has 0 amide bonds. The first-order valence-corrected chi connectivity index (χ1v) is 5.31. The molecule has 0 fully saturated rings. The second-order valence-corrected chi connectivity index (χ2v) is 3.73. The molecule has 6 nitrogen and oxygen atoms in total. The number of halogens is 1. The molecule has 1 heterocycles. The van der Waals surface area contributed by atoms with Crippen LogP contribution in [-0.4, -0.2) is 21.2 Å². The van der Waals surface area contributed by atoms with Crippen LogP contribution >= 0.6 is 11.6 Å². The van der Waals surface area contributed by atoms with Crippen molar-refractivity contribution in [3.63, 3.8) is 0 Å². The summed E-state index contributed by atoms with van der Waals surface area (Å²) in [5.74, 6) is 0.506. The number of nitrogens with zero attached hydrogens (tertiary/aromatic N) is 3. The van der Waals surface area contributed by atoms with Crippen molar-refractivity contribution in [1.82, 2.24) is 10.2 Å². The highest BCUT2D eigenvalue weighted by Crippen LogP contribution is 2.24. The number of oxime groups is 1. The lowest BCUT2D eigenvalue weighted by atomic mass is 10.3. The Hall–Kier alpha value is -2.34. The molecular formula is C11H9ClN4O2. The third kappa shape index (κ3) is 2.67. The summed E-state index contributed by atoms with van der Waals surface area (Å²) in [5, 5.41) is 19.6. The van der Waals surface area contributed by atoms with Gasteiger partial charge in [-0.3, -0.25) is 0 Å². The zero-order valence-corrected chi connectivity index (χ0v) is 9.87. The number of ether oxygens (including phenoxy) is 1. The number of aromatic nitrogens is 2. The fraction of sp³-hybridized carbons (Fsp3) is 0. The maximum absolute atomic E-state index is 8.66. The number of nitrogens with two attached hydrogens (primary N) is 1. The minimum absolute atomic E-state index is 0.109. The fourth-order valence-corrected chi connectivity index (χ4v) is 1.47. The molecule has 18 heavy (non-hydrogen) atoms. The summed E-state index contributed by atoms with van der Waals surface area (Å²) in [4.78, 5) is 0. The van der Waals surface area contributed by atoms with Crippen LogP contribution in [0.3, 0.4) is 0 Å². The van der Waals surface area contributed by atoms with Crippen molar-refractivity contribution in [2.24, 2.45) is 10.9 Å². The van der Waals surface area contributed by atoms with Gasteiger partial charge in [-0.05, 0) is 24.3 Å². The Morgan fingerprint density at radius 1 is 1.39 bits per heavy atom. The van der Waals surface area contributed by atoms with Gasteiger partial charge in [0.1, 0.15) is 5.75 Å². The molecule has 0 aliphatic heterocycles. The van der Waals surface area contributed by atoms with Gasteiger partial charge in [-0.15, -0.1) is 5.10 Å². The standard InChI is InChI=1S/C11H9ClN4O2/c12-7-2-1-3-8(6-7)18-11-9(10(13)16-17)4-5-14-15-11/h1-6,17H,(H2,13,16). The van der Waals surface area contributed by atoms with E-state index < -0.39 is 0 Å². The van der Waals surface area contributed by atoms with Gasteiger partial charge in [0.25, 0.3) is 0 Å². The number of benzene rings is 1. The molecule has 0 aliphatic rings. The predicted molar refractivity (Wildman–Crippen MR) is 66.1 cm³/mol. The monoisotopic (exact) mass is 264 g/mol. The molecule has 0 unspecified atom stereocenters. The predicted octanol–water partition coefficient (Wildman–Crippen LogP) is 2.02. The van der Waals surface area contributed by atoms with Crippen LogP contribution in [-0.2, 0) is 0 Å². The van der Waals surface area contributed by atoms with Crippen LogP contribution in [0.4, 0.5) is 0 Å². The minimum atomic E-state index is -0.109. The van der Waals surface area contributed by atoms with Gasteiger partial charge in [-0.25, -0.2) is 0 Å². The first-order valence-electron chi connectivity index (χ1n) is 4.93. The molecule has 3 N–H and O–H groups in total. The summed E-state index contributed by atoms with van der Waals surface area (Å²) in [6.07, 6.45) is 1.41. The Morgan fingerprint density at radius 2 is 2.22 bits per heavy atom. The van der Waals surface area contributed by atoms with Crippen molar-refractivity contribution in [3.8, 4) is 11.6 Å². The highest BCUT2D eigenvalue weighted by atomic mass is 35.5. The van der Waals surface area contributed by atoms with Crippen LogP contribution < -0.4 is 10.5 Å². The van der Waals surface area contributed by atoms with Crippen molar-refractivity contribution in [2.75, 3.05) is 0 Å². The van der Waals surface area contributed by atoms with Crippen molar-refractivity contribution in [1.29, 1.82) is 0 Å². The van der Waals surface area contributed by atoms with Crippen LogP contribution in [0.15, 0.2) is 41.7 Å². The lowest BCUT2D eigenvalue weighted by Gasteiger charge is -2.07. The normalized spacial score (nSPS) is 11.3. The van der Waals surface area contributed by atoms with Gasteiger partial charge < -0.3 is 15.7 Å². The first-order chi connectivity index (χ1) is 8.70. The summed E-state index contributed by atoms with van der Waals surface area (Å²) in [6, 6.07) is 8.30. The molecule has 2 aromatic rings. The molecule has 7 heteroatoms. The summed E-state index contributed by atoms with van der Waals surface area (Å²) in [6.45, 7) is 0. The molecule has 0 atom stereocenters. The second-order valence-electron chi connectivity index (χ2n) is 3.29. The number of hydrogen-bond acceptors (Lipinski definition) is 5. The van der Waals surface area contributed by atoms with E-state index in [4.69, 9.17) is 27.3 Å². The molecule has 2 rings (SSSR count). The Bertz CT molecular complexity index is 589. The van der Waals surface area contributed by atoms with Crippen LogP contribution in [0.1, 0.15) is 5.56 Å². The zero-order chi connectivity index (χ0) is 13.0. The first kappa shape index (κ1) is 12.1. The molecule has 0 spiro atoms. The molecule has 0 radical (unpaired) electrons. The Balaban J connectivity index is 2.35. The maximum atomic E-state index is 8.66. The SMILES string of the molecule is N/C(=N/O)c1ccnnc1Oc1cccc(Cl)c1. The van der Waals surface area contributed by atoms with E-state index in [9.17, 15) is 0 Å². The van der Waals surface area contributed by atoms with Crippen LogP contribution in [0.2, 0.25) is 5.02 Å². The van der Waals surface area contributed by atoms with Gasteiger partial charge in [0.2, 0.25) is 5.88 Å². The van der Waals surface area contributed by atoms with E-state index in [2.05, 4.69) is 15.4 Å². The average molecular weight is 265 g/mol. The highest BCUT2D eigenvalue weighted by Gasteiger charge is 2.11. The van der Waals surface area contributed by atoms with E-state index in [0.717, 1.165) is 0 Å². The van der Waals surface area contributed by atoms with E-state index in [-0.39, 0.29) is 11.7 Å². The number of hydrogen-bond donors (Lipinski definition) is 2. The van der Waals surface area contributed by atoms with E-state index >= 15 is 0 Å². The van der Waals surface area contributed by atoms with E-state index in [1.807, 2.05) is 0 Å². The molecule has 1 aromatic heterocycles. The van der Waals surface area contributed by atoms with Crippen molar-refractivity contribution in [3.05, 3.63) is 47.1 Å². The summed E-state index contributed by atoms with van der Waals surface area (Å²) >= 11 is 5.84. The maximum Gasteiger partial charge on any atom is 0.250 e. The van der Waals surface area contributed by atoms with Gasteiger partial charge in [-0.1, -0.05) is 22.8 Å². The Morgan fingerprint density at radius 3 is 2.94 bits per heavy atom. The fourth-order valence-electron chi connectivity index (χ4n) is 1.29. The van der Waals surface area contributed by atoms with Crippen molar-refractivity contribution >= 4 is 17.4 Å². The minimum Gasteiger partial charge on any atom is -0.437 e. The Kier molecular flexibility index (Phi) is 3.59. The van der Waals surface area contributed by atoms with Gasteiger partial charge in [-0.2, -0.15) is 5.10 Å². The number of rotatable bonds is 3. The molecule has 92 valence electrons. The summed E-state index contributed by atoms with van der Waals surface area (Å²) in [5.41, 5.74) is 5.85. The van der Waals surface area contributed by atoms with Crippen LogP contribution in [0.25, 0.3) is 0 Å². The average Bonchev–Trinajstić information content (AvgIpc) is 2.38. The van der Waals surface area contributed by atoms with Crippen LogP contribution in [0.5, 0.6) is 11.6 Å². The lowest BCUT2D eigenvalue weighted by Crippen LogP contribution is -2.15. The van der Waals surface area contributed by atoms with Crippen LogP contribution in [0, 0.1) is 0 Å². The summed E-state index contributed by atoms with van der Waals surface area (Å²) in [7, 11) is 0. The third-order valence-corrected chi connectivity index (χ3v) is 2.32. The molecule has 1 aromatic carbocycles. The second kappa shape index (κ2) is 5.33. The molecule has 0 aliphatic carbocycles. The molecule has 0 saturated carbocycles. The topological polar surface area (TPSA) is 93.6 Å². The third-order valence-electron chi connectivity index (χ3n) is 2.08. The van der Waals surface area contributed by atoms with E-state index in [1.54, 1.807) is 24.3 Å². The summed E-state index contributed by atoms with van der Waals surface area (Å²) < 4.78 is 5.48. The van der Waals surface area contributed by atoms with Gasteiger partial charge >= 0.3 is 0 Å². The molecule has 0 saturated heterocycles. The smallest absolute Gasteiger partial charge is 0.250 e.